The van der Waals surface area contributed by atoms with E-state index in [2.05, 4.69) is 15.2 Å². The second-order valence-corrected chi connectivity index (χ2v) is 9.24. The first-order valence-corrected chi connectivity index (χ1v) is 10.4. The van der Waals surface area contributed by atoms with Crippen LogP contribution in [0.25, 0.3) is 0 Å². The van der Waals surface area contributed by atoms with E-state index in [1.165, 1.54) is 17.4 Å². The Labute approximate surface area is 152 Å². The molecule has 2 N–H and O–H groups in total. The molecule has 25 heavy (non-hydrogen) atoms. The molecule has 132 valence electrons. The first kappa shape index (κ1) is 17.8. The summed E-state index contributed by atoms with van der Waals surface area (Å²) in [6, 6.07) is 6.67. The van der Waals surface area contributed by atoms with E-state index in [0.29, 0.717) is 10.6 Å². The van der Waals surface area contributed by atoms with Crippen LogP contribution in [0.1, 0.15) is 25.2 Å². The van der Waals surface area contributed by atoms with E-state index in [4.69, 9.17) is 4.52 Å². The van der Waals surface area contributed by atoms with Crippen molar-refractivity contribution in [3.8, 4) is 0 Å². The number of anilines is 1. The normalized spacial score (nSPS) is 11.6. The van der Waals surface area contributed by atoms with Gasteiger partial charge in [0.1, 0.15) is 5.76 Å². The minimum absolute atomic E-state index is 0.107. The predicted molar refractivity (Wildman–Crippen MR) is 96.6 cm³/mol. The molecule has 0 saturated heterocycles. The number of carbonyl (C=O) groups is 1. The van der Waals surface area contributed by atoms with Crippen molar-refractivity contribution in [2.24, 2.45) is 0 Å². The fourth-order valence-electron chi connectivity index (χ4n) is 2.10. The van der Waals surface area contributed by atoms with E-state index in [-0.39, 0.29) is 22.1 Å². The molecule has 0 fully saturated rings. The van der Waals surface area contributed by atoms with E-state index in [1.54, 1.807) is 19.9 Å². The van der Waals surface area contributed by atoms with Crippen molar-refractivity contribution in [3.63, 3.8) is 0 Å². The molecule has 0 aliphatic rings. The molecule has 0 unspecified atom stereocenters. The van der Waals surface area contributed by atoms with Gasteiger partial charge in [-0.05, 0) is 31.4 Å². The lowest BCUT2D eigenvalue weighted by atomic mass is 10.4. The largest absolute Gasteiger partial charge is 0.360 e. The number of nitrogens with one attached hydrogen (secondary N) is 2. The van der Waals surface area contributed by atoms with Crippen molar-refractivity contribution in [3.05, 3.63) is 50.0 Å². The maximum absolute atomic E-state index is 12.5. The summed E-state index contributed by atoms with van der Waals surface area (Å²) in [4.78, 5) is 14.1. The molecule has 3 aromatic rings. The molecular weight excluding hydrogens is 382 g/mol. The number of hydrogen-bond donors (Lipinski definition) is 2. The standard InChI is InChI=1S/C15H15N3O4S3/c1-9-6-14(18-22-9)17-15(19)12-7-13(10(2)24-12)25(20,21)16-8-11-4-3-5-23-11/h3-7,16H,8H2,1-2H3,(H,17,18,19). The van der Waals surface area contributed by atoms with Gasteiger partial charge in [-0.15, -0.1) is 22.7 Å². The Hall–Kier alpha value is -2.01. The van der Waals surface area contributed by atoms with Gasteiger partial charge < -0.3 is 9.84 Å². The van der Waals surface area contributed by atoms with Crippen LogP contribution in [-0.2, 0) is 16.6 Å². The zero-order valence-corrected chi connectivity index (χ0v) is 15.8. The number of aromatic nitrogens is 1. The summed E-state index contributed by atoms with van der Waals surface area (Å²) >= 11 is 2.58. The summed E-state index contributed by atoms with van der Waals surface area (Å²) in [6.07, 6.45) is 0. The number of hydrogen-bond acceptors (Lipinski definition) is 7. The van der Waals surface area contributed by atoms with Gasteiger partial charge in [0, 0.05) is 22.4 Å². The first-order chi connectivity index (χ1) is 11.8. The van der Waals surface area contributed by atoms with Gasteiger partial charge in [0.25, 0.3) is 5.91 Å². The van der Waals surface area contributed by atoms with Crippen molar-refractivity contribution in [1.82, 2.24) is 9.88 Å². The maximum atomic E-state index is 12.5. The summed E-state index contributed by atoms with van der Waals surface area (Å²) in [5.74, 6) is 0.425. The number of nitrogens with zero attached hydrogens (tertiary/aromatic N) is 1. The third kappa shape index (κ3) is 4.15. The van der Waals surface area contributed by atoms with Crippen molar-refractivity contribution in [2.75, 3.05) is 5.32 Å². The van der Waals surface area contributed by atoms with Gasteiger partial charge in [-0.2, -0.15) is 0 Å². The van der Waals surface area contributed by atoms with Crippen molar-refractivity contribution in [1.29, 1.82) is 0 Å². The molecule has 1 amide bonds. The molecule has 0 bridgehead atoms. The molecule has 0 aliphatic heterocycles. The summed E-state index contributed by atoms with van der Waals surface area (Å²) in [5.41, 5.74) is 0. The van der Waals surface area contributed by atoms with Gasteiger partial charge >= 0.3 is 0 Å². The van der Waals surface area contributed by atoms with E-state index < -0.39 is 15.9 Å². The Morgan fingerprint density at radius 3 is 2.76 bits per heavy atom. The van der Waals surface area contributed by atoms with Crippen LogP contribution in [0.2, 0.25) is 0 Å². The molecule has 10 heteroatoms. The van der Waals surface area contributed by atoms with Crippen LogP contribution in [0.4, 0.5) is 5.82 Å². The van der Waals surface area contributed by atoms with Gasteiger partial charge in [0.05, 0.1) is 9.77 Å². The molecule has 0 aliphatic carbocycles. The van der Waals surface area contributed by atoms with E-state index in [1.807, 2.05) is 17.5 Å². The summed E-state index contributed by atoms with van der Waals surface area (Å²) in [5, 5.41) is 8.15. The Morgan fingerprint density at radius 1 is 1.32 bits per heavy atom. The molecule has 3 aromatic heterocycles. The second-order valence-electron chi connectivity index (χ2n) is 5.21. The van der Waals surface area contributed by atoms with Crippen LogP contribution in [0.5, 0.6) is 0 Å². The molecule has 0 aromatic carbocycles. The fraction of sp³-hybridized carbons (Fsp3) is 0.200. The van der Waals surface area contributed by atoms with Gasteiger partial charge in [-0.25, -0.2) is 13.1 Å². The van der Waals surface area contributed by atoms with Crippen molar-refractivity contribution < 1.29 is 17.7 Å². The maximum Gasteiger partial charge on any atom is 0.267 e. The van der Waals surface area contributed by atoms with Gasteiger partial charge in [-0.1, -0.05) is 11.2 Å². The third-order valence-corrected chi connectivity index (χ3v) is 6.85. The lowest BCUT2D eigenvalue weighted by Gasteiger charge is -2.04. The second kappa shape index (κ2) is 7.08. The van der Waals surface area contributed by atoms with Gasteiger partial charge in [0.2, 0.25) is 10.0 Å². The molecule has 0 saturated carbocycles. The number of sulfonamides is 1. The number of amides is 1. The Morgan fingerprint density at radius 2 is 2.12 bits per heavy atom. The molecule has 0 atom stereocenters. The quantitative estimate of drug-likeness (QED) is 0.665. The molecule has 0 spiro atoms. The SMILES string of the molecule is Cc1cc(NC(=O)c2cc(S(=O)(=O)NCc3cccs3)c(C)s2)no1. The number of aryl methyl sites for hydroxylation is 2. The minimum atomic E-state index is -3.70. The first-order valence-electron chi connectivity index (χ1n) is 7.22. The average Bonchev–Trinajstić information content (AvgIpc) is 3.27. The zero-order chi connectivity index (χ0) is 18.0. The number of thiophene rings is 2. The van der Waals surface area contributed by atoms with Crippen LogP contribution in [-0.4, -0.2) is 19.5 Å². The van der Waals surface area contributed by atoms with Crippen LogP contribution in [0, 0.1) is 13.8 Å². The van der Waals surface area contributed by atoms with Gasteiger partial charge in [-0.3, -0.25) is 4.79 Å². The highest BCUT2D eigenvalue weighted by atomic mass is 32.2. The molecular formula is C15H15N3O4S3. The Bertz CT molecular complexity index is 987. The summed E-state index contributed by atoms with van der Waals surface area (Å²) in [7, 11) is -3.70. The van der Waals surface area contributed by atoms with Crippen LogP contribution < -0.4 is 10.0 Å². The van der Waals surface area contributed by atoms with Gasteiger partial charge in [0.15, 0.2) is 5.82 Å². The Kier molecular flexibility index (Phi) is 5.04. The van der Waals surface area contributed by atoms with Crippen LogP contribution in [0.15, 0.2) is 39.1 Å². The molecule has 7 nitrogen and oxygen atoms in total. The molecule has 3 rings (SSSR count). The third-order valence-electron chi connectivity index (χ3n) is 3.27. The predicted octanol–water partition coefficient (Wildman–Crippen LogP) is 3.15. The smallest absolute Gasteiger partial charge is 0.267 e. The summed E-state index contributed by atoms with van der Waals surface area (Å²) < 4.78 is 32.4. The number of carbonyl (C=O) groups excluding carboxylic acids is 1. The lowest BCUT2D eigenvalue weighted by Crippen LogP contribution is -2.23. The number of rotatable bonds is 6. The zero-order valence-electron chi connectivity index (χ0n) is 13.4. The van der Waals surface area contributed by atoms with Crippen molar-refractivity contribution in [2.45, 2.75) is 25.3 Å². The molecule has 3 heterocycles. The minimum Gasteiger partial charge on any atom is -0.360 e. The van der Waals surface area contributed by atoms with E-state index >= 15 is 0 Å². The lowest BCUT2D eigenvalue weighted by molar-refractivity contribution is 0.102. The van der Waals surface area contributed by atoms with Crippen LogP contribution >= 0.6 is 22.7 Å². The monoisotopic (exact) mass is 397 g/mol. The topological polar surface area (TPSA) is 101 Å². The fourth-order valence-corrected chi connectivity index (χ4v) is 5.33. The van der Waals surface area contributed by atoms with Crippen molar-refractivity contribution >= 4 is 44.4 Å². The molecule has 0 radical (unpaired) electrons. The van der Waals surface area contributed by atoms with Crippen LogP contribution in [0.3, 0.4) is 0 Å². The summed E-state index contributed by atoms with van der Waals surface area (Å²) in [6.45, 7) is 3.60. The highest BCUT2D eigenvalue weighted by Crippen LogP contribution is 2.26. The highest BCUT2D eigenvalue weighted by molar-refractivity contribution is 7.89. The van der Waals surface area contributed by atoms with E-state index in [9.17, 15) is 13.2 Å². The highest BCUT2D eigenvalue weighted by Gasteiger charge is 2.22. The average molecular weight is 398 g/mol. The Balaban J connectivity index is 1.75. The van der Waals surface area contributed by atoms with E-state index in [0.717, 1.165) is 16.2 Å².